The number of H-pyrrole nitrogens is 1. The third-order valence-electron chi connectivity index (χ3n) is 12.2. The average molecular weight is 862 g/mol. The predicted octanol–water partition coefficient (Wildman–Crippen LogP) is 4.17. The molecule has 4 heterocycles. The van der Waals surface area contributed by atoms with Crippen molar-refractivity contribution in [1.29, 1.82) is 0 Å². The molecule has 1 spiro atoms. The molecule has 0 saturated carbocycles. The Hall–Kier alpha value is -5.78. The van der Waals surface area contributed by atoms with Gasteiger partial charge in [0.2, 0.25) is 17.7 Å². The van der Waals surface area contributed by atoms with Gasteiger partial charge in [0.1, 0.15) is 33.8 Å². The normalized spacial score (nSPS) is 20.3. The van der Waals surface area contributed by atoms with E-state index in [9.17, 15) is 42.3 Å². The number of nitrogens with zero attached hydrogens (tertiary/aromatic N) is 3. The van der Waals surface area contributed by atoms with Crippen LogP contribution in [0.15, 0.2) is 54.7 Å². The van der Waals surface area contributed by atoms with E-state index in [0.29, 0.717) is 42.9 Å². The van der Waals surface area contributed by atoms with Crippen LogP contribution in [-0.4, -0.2) is 125 Å². The van der Waals surface area contributed by atoms with E-state index in [0.717, 1.165) is 23.1 Å². The molecule has 3 aromatic rings. The fraction of sp³-hybridized carbons (Fsp3) is 0.512. The summed E-state index contributed by atoms with van der Waals surface area (Å²) in [5.41, 5.74) is 3.07. The second kappa shape index (κ2) is 18.5. The summed E-state index contributed by atoms with van der Waals surface area (Å²) in [5, 5.41) is 16.9. The quantitative estimate of drug-likeness (QED) is 0.153. The number of amides is 5. The van der Waals surface area contributed by atoms with Gasteiger partial charge in [-0.25, -0.2) is 23.0 Å². The summed E-state index contributed by atoms with van der Waals surface area (Å²) in [6.45, 7) is 7.46. The Morgan fingerprint density at radius 3 is 2.03 bits per heavy atom. The Bertz CT molecular complexity index is 2230. The first-order valence-corrected chi connectivity index (χ1v) is 22.5. The van der Waals surface area contributed by atoms with Crippen LogP contribution in [0.3, 0.4) is 0 Å². The van der Waals surface area contributed by atoms with Crippen molar-refractivity contribution in [2.45, 2.75) is 84.0 Å². The molecule has 3 fully saturated rings. The highest BCUT2D eigenvalue weighted by Gasteiger charge is 2.52. The smallest absolute Gasteiger partial charge is 0.407 e. The highest BCUT2D eigenvalue weighted by molar-refractivity contribution is 7.91. The second-order valence-corrected chi connectivity index (χ2v) is 19.3. The number of Topliss-reactive ketones (excluding diaryl/α,β-unsaturated/α-hetero) is 1. The molecule has 328 valence electrons. The van der Waals surface area contributed by atoms with Crippen LogP contribution in [0.4, 0.5) is 9.59 Å². The summed E-state index contributed by atoms with van der Waals surface area (Å²) in [7, 11) is -2.03. The molecular weight excluding hydrogens is 807 g/mol. The molecule has 0 bridgehead atoms. The Balaban J connectivity index is 1.08. The van der Waals surface area contributed by atoms with Crippen LogP contribution in [-0.2, 0) is 29.0 Å². The van der Waals surface area contributed by atoms with Crippen molar-refractivity contribution in [2.24, 2.45) is 17.3 Å². The molecule has 5 N–H and O–H groups in total. The summed E-state index contributed by atoms with van der Waals surface area (Å²) in [6, 6.07) is 11.6. The van der Waals surface area contributed by atoms with E-state index in [1.54, 1.807) is 50.9 Å². The Kier molecular flexibility index (Phi) is 13.5. The van der Waals surface area contributed by atoms with Crippen molar-refractivity contribution >= 4 is 45.5 Å². The molecule has 3 aliphatic rings. The van der Waals surface area contributed by atoms with E-state index >= 15 is 0 Å². The van der Waals surface area contributed by atoms with Gasteiger partial charge in [-0.3, -0.25) is 19.2 Å². The summed E-state index contributed by atoms with van der Waals surface area (Å²) in [4.78, 5) is 89.0. The minimum absolute atomic E-state index is 0.0399. The van der Waals surface area contributed by atoms with Crippen LogP contribution in [0, 0.1) is 17.3 Å². The van der Waals surface area contributed by atoms with Gasteiger partial charge in [-0.05, 0) is 60.5 Å². The predicted molar refractivity (Wildman–Crippen MR) is 225 cm³/mol. The van der Waals surface area contributed by atoms with Gasteiger partial charge in [-0.15, -0.1) is 0 Å². The average Bonchev–Trinajstić information content (AvgIpc) is 4.01. The van der Waals surface area contributed by atoms with Crippen LogP contribution in [0.5, 0.6) is 0 Å². The van der Waals surface area contributed by atoms with E-state index in [-0.39, 0.29) is 60.6 Å². The first-order valence-electron chi connectivity index (χ1n) is 20.6. The highest BCUT2D eigenvalue weighted by Crippen LogP contribution is 2.44. The van der Waals surface area contributed by atoms with E-state index in [4.69, 9.17) is 9.72 Å². The number of ether oxygens (including phenoxy) is 1. The number of methoxy groups -OCH3 is 1. The number of sulfone groups is 1. The van der Waals surface area contributed by atoms with E-state index < -0.39 is 57.4 Å². The molecular formula is C43H55N7O10S. The number of hydrogen-bond donors (Lipinski definition) is 5. The summed E-state index contributed by atoms with van der Waals surface area (Å²) < 4.78 is 29.3. The van der Waals surface area contributed by atoms with Gasteiger partial charge in [0.05, 0.1) is 36.9 Å². The standard InChI is InChI=1S/C43H55N7O10S/c1-25(2)35(47-41(55)56)39(53)49-18-6-7-32(49)37-44-22-31(46-37)29-12-8-27(9-13-29)28-10-14-30(15-11-28)34(51)23-45-38(52)33-21-43(16-19-61(58,59)20-17-43)24-50(33)40(54)36(26(3)4)48-42(57)60-5/h8-15,22,25-26,32-33,35-36,47H,6-7,16-21,23-24H2,1-5H3,(H,44,46)(H,45,52)(H,48,57)(H,55,56)/t32-,33?,35-,36-/m0/s1. The zero-order valence-electron chi connectivity index (χ0n) is 35.1. The van der Waals surface area contributed by atoms with Crippen molar-refractivity contribution in [3.05, 3.63) is 66.1 Å². The molecule has 1 unspecified atom stereocenters. The molecule has 3 aliphatic heterocycles. The fourth-order valence-electron chi connectivity index (χ4n) is 8.60. The first kappa shape index (κ1) is 44.8. The number of carboxylic acid groups (broad SMARTS) is 1. The molecule has 1 aromatic heterocycles. The van der Waals surface area contributed by atoms with Crippen molar-refractivity contribution in [1.82, 2.24) is 35.7 Å². The van der Waals surface area contributed by atoms with Gasteiger partial charge in [0.25, 0.3) is 0 Å². The lowest BCUT2D eigenvalue weighted by Crippen LogP contribution is -2.55. The van der Waals surface area contributed by atoms with Crippen LogP contribution >= 0.6 is 0 Å². The number of carbonyl (C=O) groups is 6. The van der Waals surface area contributed by atoms with Gasteiger partial charge in [0.15, 0.2) is 5.78 Å². The highest BCUT2D eigenvalue weighted by atomic mass is 32.2. The van der Waals surface area contributed by atoms with E-state index in [1.165, 1.54) is 12.0 Å². The number of rotatable bonds is 13. The van der Waals surface area contributed by atoms with Crippen LogP contribution in [0.1, 0.15) is 82.0 Å². The number of alkyl carbamates (subject to hydrolysis) is 1. The van der Waals surface area contributed by atoms with E-state index in [1.807, 2.05) is 36.4 Å². The minimum Gasteiger partial charge on any atom is -0.465 e. The van der Waals surface area contributed by atoms with Gasteiger partial charge < -0.3 is 40.6 Å². The molecule has 5 amide bonds. The van der Waals surface area contributed by atoms with Crippen molar-refractivity contribution < 1.29 is 47.0 Å². The Morgan fingerprint density at radius 1 is 0.869 bits per heavy atom. The zero-order chi connectivity index (χ0) is 44.2. The van der Waals surface area contributed by atoms with Crippen LogP contribution < -0.4 is 16.0 Å². The molecule has 0 radical (unpaired) electrons. The Morgan fingerprint density at radius 2 is 1.44 bits per heavy atom. The summed E-state index contributed by atoms with van der Waals surface area (Å²) in [6.07, 6.45) is 2.06. The second-order valence-electron chi connectivity index (χ2n) is 17.0. The maximum Gasteiger partial charge on any atom is 0.407 e. The van der Waals surface area contributed by atoms with Crippen LogP contribution in [0.25, 0.3) is 22.4 Å². The largest absolute Gasteiger partial charge is 0.465 e. The lowest BCUT2D eigenvalue weighted by atomic mass is 9.80. The number of likely N-dealkylation sites (tertiary alicyclic amines) is 2. The molecule has 61 heavy (non-hydrogen) atoms. The number of aromatic nitrogens is 2. The lowest BCUT2D eigenvalue weighted by Gasteiger charge is -2.33. The van der Waals surface area contributed by atoms with Gasteiger partial charge in [-0.2, -0.15) is 0 Å². The molecule has 6 rings (SSSR count). The zero-order valence-corrected chi connectivity index (χ0v) is 35.9. The third-order valence-corrected chi connectivity index (χ3v) is 13.8. The van der Waals surface area contributed by atoms with Gasteiger partial charge in [0, 0.05) is 30.4 Å². The molecule has 2 aromatic carbocycles. The molecule has 17 nitrogen and oxygen atoms in total. The number of ketones is 1. The van der Waals surface area contributed by atoms with Crippen molar-refractivity contribution in [2.75, 3.05) is 38.2 Å². The maximum absolute atomic E-state index is 13.9. The Labute approximate surface area is 355 Å². The first-order chi connectivity index (χ1) is 28.9. The number of hydrogen-bond acceptors (Lipinski definition) is 10. The maximum atomic E-state index is 13.9. The molecule has 3 saturated heterocycles. The monoisotopic (exact) mass is 861 g/mol. The van der Waals surface area contributed by atoms with Crippen molar-refractivity contribution in [3.8, 4) is 22.4 Å². The third kappa shape index (κ3) is 10.2. The summed E-state index contributed by atoms with van der Waals surface area (Å²) in [5.74, 6) is -1.63. The van der Waals surface area contributed by atoms with Crippen molar-refractivity contribution in [3.63, 3.8) is 0 Å². The molecule has 18 heteroatoms. The molecule has 4 atom stereocenters. The van der Waals surface area contributed by atoms with E-state index in [2.05, 4.69) is 20.9 Å². The minimum atomic E-state index is -3.22. The summed E-state index contributed by atoms with van der Waals surface area (Å²) >= 11 is 0. The SMILES string of the molecule is COC(=O)N[C@H](C(=O)N1CC2(CCS(=O)(=O)CC2)CC1C(=O)NCC(=O)c1ccc(-c2ccc(-c3c[nH]c([C@@H]4CCCN4C(=O)[C@@H](NC(=O)O)C(C)C)n3)cc2)cc1)C(C)C. The van der Waals surface area contributed by atoms with Gasteiger partial charge in [-0.1, -0.05) is 76.2 Å². The number of carbonyl (C=O) groups excluding carboxylic acids is 5. The number of nitrogens with one attached hydrogen (secondary N) is 4. The lowest BCUT2D eigenvalue weighted by molar-refractivity contribution is -0.140. The number of aromatic amines is 1. The fourth-order valence-corrected chi connectivity index (χ4v) is 10.3. The number of imidazole rings is 1. The molecule has 0 aliphatic carbocycles. The van der Waals surface area contributed by atoms with Gasteiger partial charge >= 0.3 is 12.2 Å². The topological polar surface area (TPSA) is 237 Å². The van der Waals surface area contributed by atoms with Crippen LogP contribution in [0.2, 0.25) is 0 Å². The number of benzene rings is 2.